The Morgan fingerprint density at radius 3 is 2.32 bits per heavy atom. The van der Waals surface area contributed by atoms with Gasteiger partial charge >= 0.3 is 12.3 Å². The highest BCUT2D eigenvalue weighted by atomic mass is 19.4. The fourth-order valence-corrected chi connectivity index (χ4v) is 1.42. The van der Waals surface area contributed by atoms with Crippen LogP contribution in [0.4, 0.5) is 22.0 Å². The first kappa shape index (κ1) is 15.7. The van der Waals surface area contributed by atoms with Crippen LogP contribution in [0.25, 0.3) is 0 Å². The number of ether oxygens (including phenoxy) is 1. The SMILES string of the molecule is [NH]CCCCc1cccc(OC(F)(F)C(F)(F)F)c1. The molecule has 0 atom stereocenters. The standard InChI is InChI=1S/C12H13F5NO/c13-11(14,15)12(16,17)19-10-6-3-5-9(8-10)4-1-2-7-18/h3,5-6,8,18H,1-2,4,7H2. The second-order valence-electron chi connectivity index (χ2n) is 3.97. The van der Waals surface area contributed by atoms with E-state index in [4.69, 9.17) is 5.73 Å². The Labute approximate surface area is 107 Å². The van der Waals surface area contributed by atoms with Gasteiger partial charge in [-0.15, -0.1) is 0 Å². The first-order valence-electron chi connectivity index (χ1n) is 5.63. The number of benzene rings is 1. The molecular weight excluding hydrogens is 269 g/mol. The smallest absolute Gasteiger partial charge is 0.426 e. The van der Waals surface area contributed by atoms with Crippen LogP contribution in [0.1, 0.15) is 18.4 Å². The second kappa shape index (κ2) is 6.18. The molecule has 1 aromatic rings. The molecule has 0 aliphatic carbocycles. The van der Waals surface area contributed by atoms with Gasteiger partial charge in [0.25, 0.3) is 0 Å². The molecule has 7 heteroatoms. The molecule has 1 radical (unpaired) electrons. The number of unbranched alkanes of at least 4 members (excludes halogenated alkanes) is 1. The molecule has 0 amide bonds. The summed E-state index contributed by atoms with van der Waals surface area (Å²) in [5.74, 6) is -0.523. The third kappa shape index (κ3) is 4.66. The maximum atomic E-state index is 12.7. The quantitative estimate of drug-likeness (QED) is 0.576. The lowest BCUT2D eigenvalue weighted by atomic mass is 10.1. The van der Waals surface area contributed by atoms with E-state index in [1.54, 1.807) is 6.07 Å². The van der Waals surface area contributed by atoms with Gasteiger partial charge in [-0.25, -0.2) is 0 Å². The molecule has 2 nitrogen and oxygen atoms in total. The van der Waals surface area contributed by atoms with Gasteiger partial charge in [0.15, 0.2) is 0 Å². The summed E-state index contributed by atoms with van der Waals surface area (Å²) in [7, 11) is 0. The van der Waals surface area contributed by atoms with Crippen LogP contribution in [-0.2, 0) is 6.42 Å². The Bertz CT molecular complexity index is 405. The predicted octanol–water partition coefficient (Wildman–Crippen LogP) is 3.83. The molecule has 0 unspecified atom stereocenters. The van der Waals surface area contributed by atoms with E-state index in [0.29, 0.717) is 24.8 Å². The van der Waals surface area contributed by atoms with Gasteiger partial charge in [-0.1, -0.05) is 12.1 Å². The highest BCUT2D eigenvalue weighted by Crippen LogP contribution is 2.37. The van der Waals surface area contributed by atoms with Crippen LogP contribution < -0.4 is 10.5 Å². The van der Waals surface area contributed by atoms with Crippen molar-refractivity contribution in [3.8, 4) is 5.75 Å². The van der Waals surface area contributed by atoms with E-state index in [9.17, 15) is 22.0 Å². The summed E-state index contributed by atoms with van der Waals surface area (Å²) >= 11 is 0. The number of hydrogen-bond acceptors (Lipinski definition) is 1. The van der Waals surface area contributed by atoms with Crippen molar-refractivity contribution in [3.63, 3.8) is 0 Å². The van der Waals surface area contributed by atoms with Crippen molar-refractivity contribution in [3.05, 3.63) is 29.8 Å². The summed E-state index contributed by atoms with van der Waals surface area (Å²) < 4.78 is 65.0. The largest absolute Gasteiger partial charge is 0.499 e. The zero-order valence-corrected chi connectivity index (χ0v) is 9.94. The van der Waals surface area contributed by atoms with E-state index in [1.165, 1.54) is 6.07 Å². The van der Waals surface area contributed by atoms with Crippen LogP contribution in [0.15, 0.2) is 24.3 Å². The van der Waals surface area contributed by atoms with Gasteiger partial charge in [-0.2, -0.15) is 22.0 Å². The first-order chi connectivity index (χ1) is 8.76. The molecule has 0 saturated carbocycles. The molecule has 1 N–H and O–H groups in total. The van der Waals surface area contributed by atoms with E-state index >= 15 is 0 Å². The average Bonchev–Trinajstić information content (AvgIpc) is 2.27. The summed E-state index contributed by atoms with van der Waals surface area (Å²) in [4.78, 5) is 0. The predicted molar refractivity (Wildman–Crippen MR) is 59.0 cm³/mol. The number of nitrogens with one attached hydrogen (secondary N) is 1. The molecule has 1 rings (SSSR count). The summed E-state index contributed by atoms with van der Waals surface area (Å²) in [6.07, 6.45) is -9.12. The molecule has 0 saturated heterocycles. The zero-order chi connectivity index (χ0) is 14.5. The molecule has 0 aliphatic rings. The van der Waals surface area contributed by atoms with Crippen LogP contribution in [0.2, 0.25) is 0 Å². The molecule has 0 bridgehead atoms. The summed E-state index contributed by atoms with van der Waals surface area (Å²) in [6.45, 7) is 0.252. The number of rotatable bonds is 6. The Morgan fingerprint density at radius 1 is 1.05 bits per heavy atom. The van der Waals surface area contributed by atoms with Crippen molar-refractivity contribution in [1.29, 1.82) is 0 Å². The first-order valence-corrected chi connectivity index (χ1v) is 5.63. The van der Waals surface area contributed by atoms with Crippen LogP contribution in [0.3, 0.4) is 0 Å². The minimum absolute atomic E-state index is 0.252. The molecule has 0 fully saturated rings. The van der Waals surface area contributed by atoms with E-state index < -0.39 is 18.0 Å². The Hall–Kier alpha value is -1.37. The number of hydrogen-bond donors (Lipinski definition) is 0. The molecule has 19 heavy (non-hydrogen) atoms. The number of halogens is 5. The van der Waals surface area contributed by atoms with Crippen molar-refractivity contribution in [1.82, 2.24) is 5.73 Å². The molecule has 0 spiro atoms. The molecule has 0 aromatic heterocycles. The van der Waals surface area contributed by atoms with Crippen molar-refractivity contribution < 1.29 is 26.7 Å². The Kier molecular flexibility index (Phi) is 5.11. The molecule has 0 aliphatic heterocycles. The van der Waals surface area contributed by atoms with Gasteiger partial charge in [0.2, 0.25) is 0 Å². The van der Waals surface area contributed by atoms with Crippen molar-refractivity contribution in [2.45, 2.75) is 31.5 Å². The summed E-state index contributed by atoms with van der Waals surface area (Å²) in [5.41, 5.74) is 7.55. The second-order valence-corrected chi connectivity index (χ2v) is 3.97. The number of alkyl halides is 5. The summed E-state index contributed by atoms with van der Waals surface area (Å²) in [5, 5.41) is 0. The van der Waals surface area contributed by atoms with Crippen LogP contribution in [0, 0.1) is 0 Å². The number of aryl methyl sites for hydroxylation is 1. The van der Waals surface area contributed by atoms with Crippen molar-refractivity contribution >= 4 is 0 Å². The third-order valence-corrected chi connectivity index (χ3v) is 2.37. The zero-order valence-electron chi connectivity index (χ0n) is 9.94. The van der Waals surface area contributed by atoms with Crippen molar-refractivity contribution in [2.75, 3.05) is 6.54 Å². The van der Waals surface area contributed by atoms with E-state index in [2.05, 4.69) is 4.74 Å². The topological polar surface area (TPSA) is 33.0 Å². The van der Waals surface area contributed by atoms with Crippen LogP contribution in [0.5, 0.6) is 5.75 Å². The fourth-order valence-electron chi connectivity index (χ4n) is 1.42. The molecular formula is C12H13F5NO. The Morgan fingerprint density at radius 2 is 1.74 bits per heavy atom. The monoisotopic (exact) mass is 282 g/mol. The lowest BCUT2D eigenvalue weighted by molar-refractivity contribution is -0.360. The normalized spacial score (nSPS) is 12.5. The van der Waals surface area contributed by atoms with E-state index in [-0.39, 0.29) is 6.54 Å². The fraction of sp³-hybridized carbons (Fsp3) is 0.500. The van der Waals surface area contributed by atoms with Crippen molar-refractivity contribution in [2.24, 2.45) is 0 Å². The van der Waals surface area contributed by atoms with Gasteiger partial charge in [-0.3, -0.25) is 5.73 Å². The lowest BCUT2D eigenvalue weighted by Crippen LogP contribution is -2.41. The van der Waals surface area contributed by atoms with Gasteiger partial charge in [0, 0.05) is 6.54 Å². The van der Waals surface area contributed by atoms with Gasteiger partial charge in [-0.05, 0) is 37.0 Å². The van der Waals surface area contributed by atoms with E-state index in [1.807, 2.05) is 0 Å². The van der Waals surface area contributed by atoms with Gasteiger partial charge in [0.05, 0.1) is 0 Å². The van der Waals surface area contributed by atoms with Crippen LogP contribution >= 0.6 is 0 Å². The molecule has 0 heterocycles. The highest BCUT2D eigenvalue weighted by Gasteiger charge is 2.61. The molecule has 107 valence electrons. The minimum atomic E-state index is -5.74. The third-order valence-electron chi connectivity index (χ3n) is 2.37. The maximum absolute atomic E-state index is 12.7. The summed E-state index contributed by atoms with van der Waals surface area (Å²) in [6, 6.07) is 5.18. The van der Waals surface area contributed by atoms with Crippen LogP contribution in [-0.4, -0.2) is 18.8 Å². The Balaban J connectivity index is 2.72. The van der Waals surface area contributed by atoms with Gasteiger partial charge in [0.1, 0.15) is 5.75 Å². The lowest BCUT2D eigenvalue weighted by Gasteiger charge is -2.20. The minimum Gasteiger partial charge on any atom is -0.426 e. The highest BCUT2D eigenvalue weighted by molar-refractivity contribution is 5.29. The van der Waals surface area contributed by atoms with E-state index in [0.717, 1.165) is 12.1 Å². The maximum Gasteiger partial charge on any atom is 0.499 e. The van der Waals surface area contributed by atoms with Gasteiger partial charge < -0.3 is 4.74 Å². The average molecular weight is 282 g/mol. The molecule has 1 aromatic carbocycles.